The quantitative estimate of drug-likeness (QED) is 0.476. The van der Waals surface area contributed by atoms with Crippen molar-refractivity contribution in [3.63, 3.8) is 0 Å². The maximum Gasteiger partial charge on any atom is 0.230 e. The maximum absolute atomic E-state index is 10.3. The Bertz CT molecular complexity index is 806. The zero-order valence-corrected chi connectivity index (χ0v) is 16.1. The summed E-state index contributed by atoms with van der Waals surface area (Å²) < 4.78 is 0. The number of phenolic OH excluding ortho intramolecular Hbond substituents is 1. The van der Waals surface area contributed by atoms with E-state index in [4.69, 9.17) is 20.8 Å². The minimum atomic E-state index is 0.103. The molecule has 0 unspecified atom stereocenters. The number of rotatable bonds is 4. The summed E-state index contributed by atoms with van der Waals surface area (Å²) in [4.78, 5) is 18.6. The Hall–Kier alpha value is -2.90. The largest absolute Gasteiger partial charge is 0.507 e. The van der Waals surface area contributed by atoms with Crippen LogP contribution in [0.25, 0.3) is 0 Å². The van der Waals surface area contributed by atoms with Gasteiger partial charge in [-0.05, 0) is 50.7 Å². The Kier molecular flexibility index (Phi) is 5.55. The number of nitrogens with two attached hydrogens (primary N) is 1. The van der Waals surface area contributed by atoms with E-state index in [1.807, 2.05) is 6.07 Å². The molecule has 0 aliphatic carbocycles. The van der Waals surface area contributed by atoms with Crippen molar-refractivity contribution in [3.8, 4) is 5.75 Å². The second-order valence-electron chi connectivity index (χ2n) is 7.35. The molecule has 8 heteroatoms. The minimum absolute atomic E-state index is 0.103. The molecule has 0 bridgehead atoms. The molecule has 3 heterocycles. The third-order valence-electron chi connectivity index (χ3n) is 5.39. The number of phenols is 1. The van der Waals surface area contributed by atoms with E-state index < -0.39 is 0 Å². The molecule has 8 nitrogen and oxygen atoms in total. The fraction of sp³-hybridized carbons (Fsp3) is 0.500. The van der Waals surface area contributed by atoms with Gasteiger partial charge in [-0.25, -0.2) is 0 Å². The molecule has 2 aromatic rings. The first-order valence-electron chi connectivity index (χ1n) is 10.1. The average molecular weight is 381 g/mol. The monoisotopic (exact) mass is 381 g/mol. The van der Waals surface area contributed by atoms with Crippen LogP contribution in [0.2, 0.25) is 0 Å². The molecule has 1 aromatic heterocycles. The third kappa shape index (κ3) is 3.85. The third-order valence-corrected chi connectivity index (χ3v) is 5.39. The zero-order valence-electron chi connectivity index (χ0n) is 16.1. The first kappa shape index (κ1) is 18.5. The van der Waals surface area contributed by atoms with E-state index in [0.717, 1.165) is 51.9 Å². The molecule has 2 saturated heterocycles. The second kappa shape index (κ2) is 8.41. The molecule has 3 N–H and O–H groups in total. The first-order chi connectivity index (χ1) is 13.8. The Balaban J connectivity index is 1.77. The van der Waals surface area contributed by atoms with Crippen molar-refractivity contribution in [1.82, 2.24) is 15.0 Å². The van der Waals surface area contributed by atoms with E-state index in [-0.39, 0.29) is 5.75 Å². The van der Waals surface area contributed by atoms with Gasteiger partial charge in [-0.1, -0.05) is 12.1 Å². The number of benzene rings is 1. The number of hydrazone groups is 1. The van der Waals surface area contributed by atoms with E-state index >= 15 is 0 Å². The van der Waals surface area contributed by atoms with Gasteiger partial charge in [0.2, 0.25) is 11.9 Å². The van der Waals surface area contributed by atoms with Crippen LogP contribution in [-0.2, 0) is 0 Å². The lowest BCUT2D eigenvalue weighted by Crippen LogP contribution is -2.35. The van der Waals surface area contributed by atoms with Crippen molar-refractivity contribution < 1.29 is 5.11 Å². The Labute approximate surface area is 165 Å². The Morgan fingerprint density at radius 1 is 0.821 bits per heavy atom. The molecule has 2 fully saturated rings. The van der Waals surface area contributed by atoms with Gasteiger partial charge >= 0.3 is 0 Å². The lowest BCUT2D eigenvalue weighted by Gasteiger charge is -2.30. The SMILES string of the molecule is N/N=C(/c1nc(N2CCCCC2)nc(N2CCCCC2)n1)c1ccccc1O. The van der Waals surface area contributed by atoms with Gasteiger partial charge in [-0.2, -0.15) is 20.1 Å². The summed E-state index contributed by atoms with van der Waals surface area (Å²) in [6.07, 6.45) is 7.02. The van der Waals surface area contributed by atoms with Crippen LogP contribution in [0.1, 0.15) is 49.9 Å². The fourth-order valence-electron chi connectivity index (χ4n) is 3.85. The summed E-state index contributed by atoms with van der Waals surface area (Å²) in [6, 6.07) is 6.97. The predicted octanol–water partition coefficient (Wildman–Crippen LogP) is 2.27. The molecule has 0 radical (unpaired) electrons. The van der Waals surface area contributed by atoms with Gasteiger partial charge in [0, 0.05) is 31.7 Å². The normalized spacial score (nSPS) is 18.4. The lowest BCUT2D eigenvalue weighted by molar-refractivity contribution is 0.474. The van der Waals surface area contributed by atoms with Crippen LogP contribution in [0.15, 0.2) is 29.4 Å². The molecule has 4 rings (SSSR count). The van der Waals surface area contributed by atoms with E-state index in [9.17, 15) is 5.11 Å². The van der Waals surface area contributed by atoms with Crippen molar-refractivity contribution in [2.75, 3.05) is 36.0 Å². The topological polar surface area (TPSA) is 104 Å². The summed E-state index contributed by atoms with van der Waals surface area (Å²) >= 11 is 0. The van der Waals surface area contributed by atoms with Gasteiger partial charge < -0.3 is 20.7 Å². The fourth-order valence-corrected chi connectivity index (χ4v) is 3.85. The van der Waals surface area contributed by atoms with Crippen LogP contribution in [0, 0.1) is 0 Å². The summed E-state index contributed by atoms with van der Waals surface area (Å²) in [5, 5.41) is 14.2. The standard InChI is InChI=1S/C20H27N7O/c21-25-17(15-9-3-4-10-16(15)28)18-22-19(26-11-5-1-6-12-26)24-20(23-18)27-13-7-2-8-14-27/h3-4,9-10,28H,1-2,5-8,11-14,21H2/b25-17+. The van der Waals surface area contributed by atoms with Crippen molar-refractivity contribution in [1.29, 1.82) is 0 Å². The maximum atomic E-state index is 10.3. The average Bonchev–Trinajstić information content (AvgIpc) is 2.77. The minimum Gasteiger partial charge on any atom is -0.507 e. The molecule has 28 heavy (non-hydrogen) atoms. The molecular formula is C20H27N7O. The van der Waals surface area contributed by atoms with E-state index in [1.54, 1.807) is 18.2 Å². The zero-order chi connectivity index (χ0) is 19.3. The van der Waals surface area contributed by atoms with E-state index in [2.05, 4.69) is 14.9 Å². The number of hydrogen-bond acceptors (Lipinski definition) is 8. The highest BCUT2D eigenvalue weighted by atomic mass is 16.3. The van der Waals surface area contributed by atoms with Gasteiger partial charge in [-0.3, -0.25) is 0 Å². The van der Waals surface area contributed by atoms with Crippen molar-refractivity contribution in [2.45, 2.75) is 38.5 Å². The van der Waals surface area contributed by atoms with Gasteiger partial charge in [0.05, 0.1) is 0 Å². The Morgan fingerprint density at radius 3 is 1.86 bits per heavy atom. The summed E-state index contributed by atoms with van der Waals surface area (Å²) in [6.45, 7) is 3.76. The smallest absolute Gasteiger partial charge is 0.230 e. The van der Waals surface area contributed by atoms with Gasteiger partial charge in [0.25, 0.3) is 0 Å². The van der Waals surface area contributed by atoms with Crippen LogP contribution in [0.4, 0.5) is 11.9 Å². The summed E-state index contributed by atoms with van der Waals surface area (Å²) in [5.74, 6) is 7.55. The number of para-hydroxylation sites is 1. The molecule has 0 atom stereocenters. The molecule has 1 aromatic carbocycles. The number of piperidine rings is 2. The molecule has 0 saturated carbocycles. The molecule has 2 aliphatic heterocycles. The first-order valence-corrected chi connectivity index (χ1v) is 10.1. The van der Waals surface area contributed by atoms with Crippen LogP contribution in [-0.4, -0.2) is 51.9 Å². The number of aromatic nitrogens is 3. The van der Waals surface area contributed by atoms with Crippen molar-refractivity contribution >= 4 is 17.6 Å². The Morgan fingerprint density at radius 2 is 1.36 bits per heavy atom. The number of anilines is 2. The van der Waals surface area contributed by atoms with E-state index in [0.29, 0.717) is 29.0 Å². The van der Waals surface area contributed by atoms with Crippen LogP contribution in [0.5, 0.6) is 5.75 Å². The highest BCUT2D eigenvalue weighted by molar-refractivity contribution is 6.12. The van der Waals surface area contributed by atoms with Crippen LogP contribution >= 0.6 is 0 Å². The summed E-state index contributed by atoms with van der Waals surface area (Å²) in [5.41, 5.74) is 0.891. The lowest BCUT2D eigenvalue weighted by atomic mass is 10.1. The molecule has 0 spiro atoms. The van der Waals surface area contributed by atoms with Gasteiger partial charge in [0.1, 0.15) is 11.5 Å². The van der Waals surface area contributed by atoms with Gasteiger partial charge in [-0.15, -0.1) is 0 Å². The number of hydrogen-bond donors (Lipinski definition) is 2. The summed E-state index contributed by atoms with van der Waals surface area (Å²) in [7, 11) is 0. The molecule has 0 amide bonds. The predicted molar refractivity (Wildman–Crippen MR) is 110 cm³/mol. The highest BCUT2D eigenvalue weighted by Gasteiger charge is 2.23. The second-order valence-corrected chi connectivity index (χ2v) is 7.35. The van der Waals surface area contributed by atoms with E-state index in [1.165, 1.54) is 12.8 Å². The molecule has 148 valence electrons. The van der Waals surface area contributed by atoms with Crippen molar-refractivity contribution in [2.24, 2.45) is 10.9 Å². The number of nitrogens with zero attached hydrogens (tertiary/aromatic N) is 6. The highest BCUT2D eigenvalue weighted by Crippen LogP contribution is 2.24. The molecular weight excluding hydrogens is 354 g/mol. The number of aromatic hydroxyl groups is 1. The van der Waals surface area contributed by atoms with Crippen LogP contribution < -0.4 is 15.6 Å². The molecule has 2 aliphatic rings. The van der Waals surface area contributed by atoms with Crippen LogP contribution in [0.3, 0.4) is 0 Å². The van der Waals surface area contributed by atoms with Gasteiger partial charge in [0.15, 0.2) is 5.82 Å². The van der Waals surface area contributed by atoms with Crippen molar-refractivity contribution in [3.05, 3.63) is 35.7 Å².